The molecule has 2 aliphatic heterocycles. The van der Waals surface area contributed by atoms with Crippen molar-refractivity contribution in [2.75, 3.05) is 5.75 Å². The van der Waals surface area contributed by atoms with Crippen LogP contribution in [0.5, 0.6) is 0 Å². The minimum absolute atomic E-state index is 0.0536. The molecule has 9 nitrogen and oxygen atoms in total. The summed E-state index contributed by atoms with van der Waals surface area (Å²) in [4.78, 5) is 38.2. The Morgan fingerprint density at radius 1 is 0.889 bits per heavy atom. The summed E-state index contributed by atoms with van der Waals surface area (Å²) in [5.74, 6) is -1.49. The number of carbonyl (C=O) groups is 3. The van der Waals surface area contributed by atoms with Gasteiger partial charge in [-0.05, 0) is 69.1 Å². The summed E-state index contributed by atoms with van der Waals surface area (Å²) < 4.78 is 45.6. The Balaban J connectivity index is 1.34. The highest BCUT2D eigenvalue weighted by atomic mass is 32.2. The third-order valence-electron chi connectivity index (χ3n) is 11.3. The maximum absolute atomic E-state index is 14.1. The van der Waals surface area contributed by atoms with E-state index in [0.717, 1.165) is 30.0 Å². The van der Waals surface area contributed by atoms with Gasteiger partial charge in [0.1, 0.15) is 12.2 Å². The quantitative estimate of drug-likeness (QED) is 0.0978. The molecule has 2 saturated heterocycles. The minimum Gasteiger partial charge on any atom is -0.460 e. The zero-order valence-electron chi connectivity index (χ0n) is 28.3. The third-order valence-corrected chi connectivity index (χ3v) is 13.2. The molecular formula is C35H57NO8S. The van der Waals surface area contributed by atoms with Gasteiger partial charge in [-0.25, -0.2) is 12.7 Å². The van der Waals surface area contributed by atoms with Gasteiger partial charge in [0, 0.05) is 19.3 Å². The molecule has 0 unspecified atom stereocenters. The van der Waals surface area contributed by atoms with Crippen molar-refractivity contribution in [2.24, 2.45) is 16.7 Å². The molecule has 7 atom stereocenters. The van der Waals surface area contributed by atoms with Gasteiger partial charge in [0.25, 0.3) is 5.91 Å². The Labute approximate surface area is 271 Å². The van der Waals surface area contributed by atoms with Gasteiger partial charge in [0.15, 0.2) is 0 Å². The second-order valence-electron chi connectivity index (χ2n) is 14.5. The van der Waals surface area contributed by atoms with Crippen LogP contribution in [0, 0.1) is 16.7 Å². The standard InChI is InChI=1S/C35H57NO8S/c1-6-7-8-9-10-11-12-13-14-15-16-17-18-28(42-25(2)37)29-19-20-30(44-29)32(43-26(3)38)33(39)36-31-23-27-21-22-35(31,34(27,4)5)24-45(36,40)41/h15-16,27-32H,6-14,17-24H2,1-5H3/b16-15+/t27-,28-,29-,30+,31-,32-,35-/m0/s1. The van der Waals surface area contributed by atoms with Crippen LogP contribution in [0.15, 0.2) is 12.2 Å². The summed E-state index contributed by atoms with van der Waals surface area (Å²) >= 11 is 0. The fraction of sp³-hybridized carbons (Fsp3) is 0.857. The lowest BCUT2D eigenvalue weighted by Crippen LogP contribution is -2.52. The van der Waals surface area contributed by atoms with Crippen LogP contribution in [0.2, 0.25) is 0 Å². The van der Waals surface area contributed by atoms with E-state index in [9.17, 15) is 22.8 Å². The first kappa shape index (κ1) is 35.9. The van der Waals surface area contributed by atoms with Crippen LogP contribution in [0.25, 0.3) is 0 Å². The van der Waals surface area contributed by atoms with Crippen molar-refractivity contribution in [3.8, 4) is 0 Å². The number of allylic oxidation sites excluding steroid dienone is 2. The molecule has 1 spiro atoms. The topological polar surface area (TPSA) is 116 Å². The van der Waals surface area contributed by atoms with Crippen LogP contribution in [0.1, 0.15) is 137 Å². The number of nitrogens with zero attached hydrogens (tertiary/aromatic N) is 1. The van der Waals surface area contributed by atoms with E-state index in [-0.39, 0.29) is 11.2 Å². The largest absolute Gasteiger partial charge is 0.460 e. The fourth-order valence-electron chi connectivity index (χ4n) is 8.78. The van der Waals surface area contributed by atoms with Crippen LogP contribution in [0.3, 0.4) is 0 Å². The molecule has 0 radical (unpaired) electrons. The zero-order chi connectivity index (χ0) is 32.8. The predicted molar refractivity (Wildman–Crippen MR) is 173 cm³/mol. The summed E-state index contributed by atoms with van der Waals surface area (Å²) in [6.45, 7) is 9.08. The highest BCUT2D eigenvalue weighted by Gasteiger charge is 2.72. The highest BCUT2D eigenvalue weighted by molar-refractivity contribution is 7.90. The van der Waals surface area contributed by atoms with Crippen LogP contribution >= 0.6 is 0 Å². The number of hydrogen-bond donors (Lipinski definition) is 0. The summed E-state index contributed by atoms with van der Waals surface area (Å²) in [5.41, 5.74) is -0.667. The molecule has 4 rings (SSSR count). The number of fused-ring (bicyclic) bond motifs is 1. The number of carbonyl (C=O) groups excluding carboxylic acids is 3. The lowest BCUT2D eigenvalue weighted by molar-refractivity contribution is -0.172. The Morgan fingerprint density at radius 2 is 1.51 bits per heavy atom. The first-order chi connectivity index (χ1) is 21.3. The lowest BCUT2D eigenvalue weighted by Gasteiger charge is -2.37. The Morgan fingerprint density at radius 3 is 2.16 bits per heavy atom. The minimum atomic E-state index is -3.89. The van der Waals surface area contributed by atoms with Crippen molar-refractivity contribution in [3.05, 3.63) is 12.2 Å². The first-order valence-corrected chi connectivity index (χ1v) is 19.2. The molecule has 1 amide bonds. The molecule has 0 N–H and O–H groups in total. The van der Waals surface area contributed by atoms with E-state index in [1.165, 1.54) is 65.2 Å². The molecule has 45 heavy (non-hydrogen) atoms. The van der Waals surface area contributed by atoms with Gasteiger partial charge in [-0.3, -0.25) is 14.4 Å². The number of sulfonamides is 1. The van der Waals surface area contributed by atoms with Crippen LogP contribution in [0.4, 0.5) is 0 Å². The Bertz CT molecular complexity index is 1180. The van der Waals surface area contributed by atoms with Gasteiger partial charge in [-0.2, -0.15) is 0 Å². The first-order valence-electron chi connectivity index (χ1n) is 17.5. The SMILES string of the molecule is CCCCCCCCCC/C=C/CC[C@H](OC(C)=O)[C@@H]1CC[C@H]([C@H](OC(C)=O)C(=O)N2[C@H]3C[C@@H]4CC[C@@]3(CS2(=O)=O)C4(C)C)O1. The average Bonchev–Trinajstić information content (AvgIpc) is 3.65. The third kappa shape index (κ3) is 7.96. The smallest absolute Gasteiger partial charge is 0.303 e. The summed E-state index contributed by atoms with van der Waals surface area (Å²) in [6.07, 6.45) is 17.0. The molecule has 256 valence electrons. The monoisotopic (exact) mass is 651 g/mol. The number of ether oxygens (including phenoxy) is 3. The maximum Gasteiger partial charge on any atom is 0.303 e. The summed E-state index contributed by atoms with van der Waals surface area (Å²) in [5, 5.41) is 0. The van der Waals surface area contributed by atoms with E-state index in [4.69, 9.17) is 14.2 Å². The van der Waals surface area contributed by atoms with Crippen molar-refractivity contribution >= 4 is 27.9 Å². The average molecular weight is 652 g/mol. The normalized spacial score (nSPS) is 30.8. The molecule has 0 aromatic rings. The van der Waals surface area contributed by atoms with E-state index in [1.807, 2.05) is 0 Å². The predicted octanol–water partition coefficient (Wildman–Crippen LogP) is 6.63. The highest BCUT2D eigenvalue weighted by Crippen LogP contribution is 2.70. The summed E-state index contributed by atoms with van der Waals surface area (Å²) in [7, 11) is -3.89. The summed E-state index contributed by atoms with van der Waals surface area (Å²) in [6, 6.07) is -0.426. The van der Waals surface area contributed by atoms with Gasteiger partial charge < -0.3 is 14.2 Å². The van der Waals surface area contributed by atoms with Crippen molar-refractivity contribution in [1.29, 1.82) is 0 Å². The molecule has 4 aliphatic rings. The van der Waals surface area contributed by atoms with Gasteiger partial charge in [0.2, 0.25) is 16.1 Å². The Hall–Kier alpha value is -1.94. The van der Waals surface area contributed by atoms with Crippen molar-refractivity contribution < 1.29 is 37.0 Å². The molecule has 4 fully saturated rings. The van der Waals surface area contributed by atoms with Gasteiger partial charge in [-0.15, -0.1) is 0 Å². The lowest BCUT2D eigenvalue weighted by atomic mass is 9.69. The maximum atomic E-state index is 14.1. The molecule has 0 aromatic heterocycles. The fourth-order valence-corrected chi connectivity index (χ4v) is 11.3. The number of amides is 1. The molecule has 0 aromatic carbocycles. The van der Waals surface area contributed by atoms with Crippen molar-refractivity contribution in [1.82, 2.24) is 4.31 Å². The molecule has 2 aliphatic carbocycles. The Kier molecular flexibility index (Phi) is 12.2. The zero-order valence-corrected chi connectivity index (χ0v) is 29.1. The molecule has 2 heterocycles. The van der Waals surface area contributed by atoms with E-state index in [2.05, 4.69) is 32.9 Å². The van der Waals surface area contributed by atoms with E-state index >= 15 is 0 Å². The van der Waals surface area contributed by atoms with Crippen LogP contribution < -0.4 is 0 Å². The van der Waals surface area contributed by atoms with Crippen molar-refractivity contribution in [2.45, 2.75) is 168 Å². The van der Waals surface area contributed by atoms with E-state index in [0.29, 0.717) is 31.6 Å². The molecule has 2 saturated carbocycles. The number of esters is 2. The number of unbranched alkanes of at least 4 members (excludes halogenated alkanes) is 8. The number of rotatable bonds is 17. The van der Waals surface area contributed by atoms with Gasteiger partial charge in [0.05, 0.1) is 17.9 Å². The van der Waals surface area contributed by atoms with E-state index < -0.39 is 63.7 Å². The molecule has 2 bridgehead atoms. The molecular weight excluding hydrogens is 594 g/mol. The second kappa shape index (κ2) is 15.3. The van der Waals surface area contributed by atoms with Crippen LogP contribution in [-0.4, -0.2) is 66.8 Å². The van der Waals surface area contributed by atoms with E-state index in [1.54, 1.807) is 0 Å². The second-order valence-corrected chi connectivity index (χ2v) is 16.4. The number of hydrogen-bond acceptors (Lipinski definition) is 8. The van der Waals surface area contributed by atoms with Crippen molar-refractivity contribution in [3.63, 3.8) is 0 Å². The van der Waals surface area contributed by atoms with Gasteiger partial charge in [-0.1, -0.05) is 77.9 Å². The molecule has 10 heteroatoms. The van der Waals surface area contributed by atoms with Gasteiger partial charge >= 0.3 is 11.9 Å². The van der Waals surface area contributed by atoms with Crippen LogP contribution in [-0.2, 0) is 38.6 Å².